The molecular formula is C26H28F2N2O3S. The van der Waals surface area contributed by atoms with E-state index < -0.39 is 27.7 Å². The van der Waals surface area contributed by atoms with E-state index in [4.69, 9.17) is 0 Å². The van der Waals surface area contributed by atoms with Crippen LogP contribution in [0, 0.1) is 18.6 Å². The van der Waals surface area contributed by atoms with E-state index in [0.717, 1.165) is 23.4 Å². The minimum absolute atomic E-state index is 0.118. The maximum atomic E-state index is 14.5. The fourth-order valence-corrected chi connectivity index (χ4v) is 5.75. The van der Waals surface area contributed by atoms with Crippen molar-refractivity contribution in [2.24, 2.45) is 0 Å². The first kappa shape index (κ1) is 24.3. The van der Waals surface area contributed by atoms with Gasteiger partial charge in [0.05, 0.1) is 6.26 Å². The summed E-state index contributed by atoms with van der Waals surface area (Å²) >= 11 is 0. The van der Waals surface area contributed by atoms with Gasteiger partial charge in [-0.25, -0.2) is 21.9 Å². The Morgan fingerprint density at radius 3 is 2.62 bits per heavy atom. The van der Waals surface area contributed by atoms with Gasteiger partial charge in [-0.2, -0.15) is 0 Å². The van der Waals surface area contributed by atoms with Crippen molar-refractivity contribution in [3.63, 3.8) is 0 Å². The molecule has 4 rings (SSSR count). The molecule has 0 aliphatic heterocycles. The lowest BCUT2D eigenvalue weighted by Gasteiger charge is -2.33. The third-order valence-electron chi connectivity index (χ3n) is 6.45. The zero-order valence-corrected chi connectivity index (χ0v) is 20.3. The number of fused-ring (bicyclic) bond motifs is 1. The standard InChI is InChI=1S/C26H28F2N2O3S/c1-4-30-11-10-18-8-9-23(29-34(3,32)33)21(24(18)26(30)31)15-17-6-5-7-19(14-17)20-12-16(2)13-22(27)25(20)28/h5-7,10-14,21,23,29H,4,8-9,15H2,1-3H3/t21-,23-/m0/s1. The summed E-state index contributed by atoms with van der Waals surface area (Å²) in [5, 5.41) is 0. The molecule has 0 unspecified atom stereocenters. The highest BCUT2D eigenvalue weighted by atomic mass is 32.2. The molecule has 34 heavy (non-hydrogen) atoms. The van der Waals surface area contributed by atoms with Crippen molar-refractivity contribution in [3.05, 3.63) is 92.9 Å². The van der Waals surface area contributed by atoms with Crippen molar-refractivity contribution >= 4 is 10.0 Å². The Labute approximate surface area is 198 Å². The highest BCUT2D eigenvalue weighted by Gasteiger charge is 2.34. The van der Waals surface area contributed by atoms with Crippen LogP contribution in [0.3, 0.4) is 0 Å². The normalized spacial score (nSPS) is 18.0. The van der Waals surface area contributed by atoms with Crippen LogP contribution < -0.4 is 10.3 Å². The minimum atomic E-state index is -3.50. The molecule has 2 atom stereocenters. The van der Waals surface area contributed by atoms with Crippen molar-refractivity contribution in [1.82, 2.24) is 9.29 Å². The van der Waals surface area contributed by atoms with E-state index in [1.165, 1.54) is 0 Å². The summed E-state index contributed by atoms with van der Waals surface area (Å²) in [4.78, 5) is 13.3. The molecule has 0 fully saturated rings. The molecule has 1 aliphatic carbocycles. The molecule has 1 aliphatic rings. The molecule has 180 valence electrons. The molecular weight excluding hydrogens is 458 g/mol. The van der Waals surface area contributed by atoms with Crippen molar-refractivity contribution in [2.45, 2.75) is 51.6 Å². The first-order chi connectivity index (χ1) is 16.1. The number of hydrogen-bond donors (Lipinski definition) is 1. The van der Waals surface area contributed by atoms with Crippen molar-refractivity contribution in [3.8, 4) is 11.1 Å². The monoisotopic (exact) mass is 486 g/mol. The van der Waals surface area contributed by atoms with Crippen molar-refractivity contribution < 1.29 is 17.2 Å². The maximum Gasteiger partial charge on any atom is 0.254 e. The predicted molar refractivity (Wildman–Crippen MR) is 129 cm³/mol. The quantitative estimate of drug-likeness (QED) is 0.565. The van der Waals surface area contributed by atoms with Gasteiger partial charge in [-0.3, -0.25) is 4.79 Å². The molecule has 5 nitrogen and oxygen atoms in total. The molecule has 1 N–H and O–H groups in total. The molecule has 3 aromatic rings. The highest BCUT2D eigenvalue weighted by molar-refractivity contribution is 7.88. The number of hydrogen-bond acceptors (Lipinski definition) is 3. The number of nitrogens with zero attached hydrogens (tertiary/aromatic N) is 1. The van der Waals surface area contributed by atoms with Crippen LogP contribution in [0.2, 0.25) is 0 Å². The molecule has 0 bridgehead atoms. The Morgan fingerprint density at radius 2 is 1.91 bits per heavy atom. The van der Waals surface area contributed by atoms with Gasteiger partial charge in [0.25, 0.3) is 5.56 Å². The van der Waals surface area contributed by atoms with E-state index in [1.807, 2.05) is 19.1 Å². The molecule has 0 saturated heterocycles. The zero-order chi connectivity index (χ0) is 24.6. The average molecular weight is 487 g/mol. The number of benzene rings is 2. The Balaban J connectivity index is 1.79. The zero-order valence-electron chi connectivity index (χ0n) is 19.4. The number of aryl methyl sites for hydroxylation is 3. The number of nitrogens with one attached hydrogen (secondary N) is 1. The van der Waals surface area contributed by atoms with Crippen molar-refractivity contribution in [2.75, 3.05) is 6.26 Å². The summed E-state index contributed by atoms with van der Waals surface area (Å²) in [6.45, 7) is 4.10. The van der Waals surface area contributed by atoms with Crippen LogP contribution in [-0.2, 0) is 29.4 Å². The Hall–Kier alpha value is -2.84. The van der Waals surface area contributed by atoms with E-state index in [-0.39, 0.29) is 17.0 Å². The lowest BCUT2D eigenvalue weighted by molar-refractivity contribution is 0.424. The lowest BCUT2D eigenvalue weighted by Crippen LogP contribution is -2.45. The lowest BCUT2D eigenvalue weighted by atomic mass is 9.77. The van der Waals surface area contributed by atoms with E-state index in [0.29, 0.717) is 42.5 Å². The van der Waals surface area contributed by atoms with Gasteiger partial charge in [0.15, 0.2) is 11.6 Å². The van der Waals surface area contributed by atoms with Gasteiger partial charge < -0.3 is 4.57 Å². The van der Waals surface area contributed by atoms with Gasteiger partial charge in [0.1, 0.15) is 0 Å². The van der Waals surface area contributed by atoms with E-state index in [1.54, 1.807) is 42.0 Å². The maximum absolute atomic E-state index is 14.5. The van der Waals surface area contributed by atoms with E-state index in [2.05, 4.69) is 4.72 Å². The number of aromatic nitrogens is 1. The van der Waals surface area contributed by atoms with Crippen molar-refractivity contribution in [1.29, 1.82) is 0 Å². The second kappa shape index (κ2) is 9.43. The molecule has 1 aromatic heterocycles. The van der Waals surface area contributed by atoms with E-state index in [9.17, 15) is 22.0 Å². The summed E-state index contributed by atoms with van der Waals surface area (Å²) in [6.07, 6.45) is 4.44. The van der Waals surface area contributed by atoms with Crippen LogP contribution in [0.5, 0.6) is 0 Å². The largest absolute Gasteiger partial charge is 0.316 e. The van der Waals surface area contributed by atoms with Crippen LogP contribution in [0.25, 0.3) is 11.1 Å². The fourth-order valence-electron chi connectivity index (χ4n) is 4.92. The van der Waals surface area contributed by atoms with Crippen LogP contribution in [-0.4, -0.2) is 25.3 Å². The van der Waals surface area contributed by atoms with Gasteiger partial charge >= 0.3 is 0 Å². The smallest absolute Gasteiger partial charge is 0.254 e. The van der Waals surface area contributed by atoms with Gasteiger partial charge in [0, 0.05) is 35.8 Å². The van der Waals surface area contributed by atoms with Crippen LogP contribution in [0.4, 0.5) is 8.78 Å². The van der Waals surface area contributed by atoms with Gasteiger partial charge in [-0.05, 0) is 73.6 Å². The number of halogens is 2. The molecule has 2 aromatic carbocycles. The molecule has 0 amide bonds. The second-order valence-corrected chi connectivity index (χ2v) is 10.8. The fraction of sp³-hybridized carbons (Fsp3) is 0.346. The first-order valence-corrected chi connectivity index (χ1v) is 13.2. The number of rotatable bonds is 6. The minimum Gasteiger partial charge on any atom is -0.316 e. The average Bonchev–Trinajstić information content (AvgIpc) is 2.77. The van der Waals surface area contributed by atoms with Gasteiger partial charge in [0.2, 0.25) is 10.0 Å². The van der Waals surface area contributed by atoms with Crippen LogP contribution in [0.1, 0.15) is 41.5 Å². The second-order valence-electron chi connectivity index (χ2n) is 9.00. The highest BCUT2D eigenvalue weighted by Crippen LogP contribution is 2.34. The van der Waals surface area contributed by atoms with Crippen LogP contribution >= 0.6 is 0 Å². The topological polar surface area (TPSA) is 68.2 Å². The van der Waals surface area contributed by atoms with Gasteiger partial charge in [-0.15, -0.1) is 0 Å². The van der Waals surface area contributed by atoms with Gasteiger partial charge in [-0.1, -0.05) is 24.3 Å². The summed E-state index contributed by atoms with van der Waals surface area (Å²) in [6, 6.07) is 11.4. The number of pyridine rings is 1. The molecule has 0 spiro atoms. The summed E-state index contributed by atoms with van der Waals surface area (Å²) in [7, 11) is -3.50. The van der Waals surface area contributed by atoms with E-state index >= 15 is 0 Å². The van der Waals surface area contributed by atoms with Crippen LogP contribution in [0.15, 0.2) is 53.5 Å². The summed E-state index contributed by atoms with van der Waals surface area (Å²) in [5.74, 6) is -2.20. The molecule has 1 heterocycles. The Morgan fingerprint density at radius 1 is 1.15 bits per heavy atom. The molecule has 0 saturated carbocycles. The molecule has 0 radical (unpaired) electrons. The summed E-state index contributed by atoms with van der Waals surface area (Å²) < 4.78 is 57.1. The molecule has 8 heteroatoms. The Kier molecular flexibility index (Phi) is 6.73. The third kappa shape index (κ3) is 4.98. The summed E-state index contributed by atoms with van der Waals surface area (Å²) in [5.41, 5.74) is 3.54. The Bertz CT molecular complexity index is 1400. The first-order valence-electron chi connectivity index (χ1n) is 11.3. The number of sulfonamides is 1. The third-order valence-corrected chi connectivity index (χ3v) is 7.18. The predicted octanol–water partition coefficient (Wildman–Crippen LogP) is 4.31. The SMILES string of the molecule is CCn1ccc2c(c1=O)[C@@H](Cc1cccc(-c3cc(C)cc(F)c3F)c1)[C@@H](NS(C)(=O)=O)CC2.